The van der Waals surface area contributed by atoms with Gasteiger partial charge in [0.05, 0.1) is 10.2 Å². The molecule has 0 aliphatic carbocycles. The van der Waals surface area contributed by atoms with Crippen LogP contribution in [0.4, 0.5) is 9.93 Å². The summed E-state index contributed by atoms with van der Waals surface area (Å²) >= 11 is 7.85. The van der Waals surface area contributed by atoms with Gasteiger partial charge in [-0.05, 0) is 31.5 Å². The Labute approximate surface area is 138 Å². The molecule has 1 aromatic carbocycles. The molecule has 0 bridgehead atoms. The van der Waals surface area contributed by atoms with Crippen LogP contribution in [-0.2, 0) is 0 Å². The number of aromatic nitrogens is 1. The van der Waals surface area contributed by atoms with Crippen LogP contribution in [-0.4, -0.2) is 48.6 Å². The highest BCUT2D eigenvalue weighted by atomic mass is 35.5. The molecular weight excluding hydrogens is 320 g/mol. The Bertz CT molecular complexity index is 694. The van der Waals surface area contributed by atoms with Crippen molar-refractivity contribution in [1.82, 2.24) is 15.2 Å². The van der Waals surface area contributed by atoms with E-state index in [2.05, 4.69) is 10.2 Å². The van der Waals surface area contributed by atoms with E-state index < -0.39 is 0 Å². The molecule has 1 aliphatic rings. The summed E-state index contributed by atoms with van der Waals surface area (Å²) in [6, 6.07) is 3.97. The number of benzene rings is 1. The molecule has 0 atom stereocenters. The Morgan fingerprint density at radius 1 is 1.36 bits per heavy atom. The Morgan fingerprint density at radius 2 is 2.09 bits per heavy atom. The number of hydrogen-bond acceptors (Lipinski definition) is 4. The molecule has 0 unspecified atom stereocenters. The molecule has 0 spiro atoms. The fourth-order valence-electron chi connectivity index (χ4n) is 2.59. The summed E-state index contributed by atoms with van der Waals surface area (Å²) in [5.41, 5.74) is 2.02. The molecule has 118 valence electrons. The van der Waals surface area contributed by atoms with E-state index in [4.69, 9.17) is 16.6 Å². The van der Waals surface area contributed by atoms with Crippen molar-refractivity contribution in [3.63, 3.8) is 0 Å². The van der Waals surface area contributed by atoms with Gasteiger partial charge in [0.25, 0.3) is 0 Å². The van der Waals surface area contributed by atoms with Crippen LogP contribution in [0.15, 0.2) is 12.1 Å². The number of halogens is 1. The van der Waals surface area contributed by atoms with Crippen LogP contribution in [0.5, 0.6) is 0 Å². The zero-order valence-electron chi connectivity index (χ0n) is 12.7. The zero-order valence-corrected chi connectivity index (χ0v) is 14.3. The number of anilines is 1. The molecule has 1 saturated heterocycles. The highest BCUT2D eigenvalue weighted by molar-refractivity contribution is 7.22. The normalized spacial score (nSPS) is 15.4. The minimum absolute atomic E-state index is 0.0223. The van der Waals surface area contributed by atoms with E-state index in [1.54, 1.807) is 11.3 Å². The first kappa shape index (κ1) is 15.4. The maximum Gasteiger partial charge on any atom is 0.317 e. The molecule has 2 aromatic rings. The lowest BCUT2D eigenvalue weighted by atomic mass is 10.2. The van der Waals surface area contributed by atoms with Crippen molar-refractivity contribution in [2.24, 2.45) is 0 Å². The fraction of sp³-hybridized carbons (Fsp3) is 0.467. The molecule has 1 aliphatic heterocycles. The average Bonchev–Trinajstić information content (AvgIpc) is 2.96. The number of nitrogens with zero attached hydrogens (tertiary/aromatic N) is 3. The van der Waals surface area contributed by atoms with Gasteiger partial charge in [0.1, 0.15) is 0 Å². The number of piperazine rings is 1. The zero-order chi connectivity index (χ0) is 15.7. The second kappa shape index (κ2) is 6.30. The van der Waals surface area contributed by atoms with Gasteiger partial charge in [-0.25, -0.2) is 9.78 Å². The summed E-state index contributed by atoms with van der Waals surface area (Å²) in [5.74, 6) is 0. The number of carbonyl (C=O) groups excluding carboxylic acids is 1. The largest absolute Gasteiger partial charge is 0.345 e. The molecule has 3 rings (SSSR count). The molecule has 7 heteroatoms. The number of fused-ring (bicyclic) bond motifs is 1. The smallest absolute Gasteiger partial charge is 0.317 e. The van der Waals surface area contributed by atoms with Gasteiger partial charge < -0.3 is 15.1 Å². The summed E-state index contributed by atoms with van der Waals surface area (Å²) in [5, 5.41) is 4.61. The second-order valence-electron chi connectivity index (χ2n) is 5.33. The quantitative estimate of drug-likeness (QED) is 0.915. The van der Waals surface area contributed by atoms with Gasteiger partial charge in [-0.2, -0.15) is 0 Å². The molecule has 2 amide bonds. The van der Waals surface area contributed by atoms with E-state index >= 15 is 0 Å². The number of thiazole rings is 1. The number of rotatable bonds is 2. The summed E-state index contributed by atoms with van der Waals surface area (Å²) in [7, 11) is 0. The van der Waals surface area contributed by atoms with Crippen molar-refractivity contribution in [1.29, 1.82) is 0 Å². The molecule has 1 N–H and O–H groups in total. The number of urea groups is 1. The van der Waals surface area contributed by atoms with E-state index in [-0.39, 0.29) is 6.03 Å². The van der Waals surface area contributed by atoms with E-state index in [9.17, 15) is 4.79 Å². The highest BCUT2D eigenvalue weighted by Gasteiger charge is 2.23. The van der Waals surface area contributed by atoms with E-state index in [0.717, 1.165) is 52.1 Å². The monoisotopic (exact) mass is 338 g/mol. The number of hydrogen-bond donors (Lipinski definition) is 1. The molecule has 0 saturated carbocycles. The third-order valence-electron chi connectivity index (χ3n) is 3.90. The molecular formula is C15H19ClN4OS. The maximum atomic E-state index is 11.8. The van der Waals surface area contributed by atoms with Gasteiger partial charge in [-0.1, -0.05) is 22.9 Å². The Balaban J connectivity index is 1.74. The van der Waals surface area contributed by atoms with Crippen molar-refractivity contribution >= 4 is 44.3 Å². The molecule has 0 radical (unpaired) electrons. The summed E-state index contributed by atoms with van der Waals surface area (Å²) in [4.78, 5) is 20.7. The summed E-state index contributed by atoms with van der Waals surface area (Å²) in [6.07, 6.45) is 0. The number of aryl methyl sites for hydroxylation is 1. The van der Waals surface area contributed by atoms with Crippen molar-refractivity contribution in [3.05, 3.63) is 22.7 Å². The van der Waals surface area contributed by atoms with Gasteiger partial charge in [0.15, 0.2) is 5.13 Å². The SMILES string of the molecule is CCNC(=O)N1CCN(c2nc3c(C)c(Cl)ccc3s2)CC1. The Hall–Kier alpha value is -1.53. The van der Waals surface area contributed by atoms with Crippen LogP contribution >= 0.6 is 22.9 Å². The van der Waals surface area contributed by atoms with Crippen LogP contribution in [0, 0.1) is 6.92 Å². The van der Waals surface area contributed by atoms with Crippen LogP contribution in [0.2, 0.25) is 5.02 Å². The minimum atomic E-state index is 0.0223. The number of amides is 2. The predicted octanol–water partition coefficient (Wildman–Crippen LogP) is 3.11. The number of carbonyl (C=O) groups is 1. The predicted molar refractivity (Wildman–Crippen MR) is 92.2 cm³/mol. The van der Waals surface area contributed by atoms with Gasteiger partial charge in [-0.3, -0.25) is 0 Å². The maximum absolute atomic E-state index is 11.8. The van der Waals surface area contributed by atoms with Crippen LogP contribution < -0.4 is 10.2 Å². The molecule has 22 heavy (non-hydrogen) atoms. The second-order valence-corrected chi connectivity index (χ2v) is 6.74. The van der Waals surface area contributed by atoms with Gasteiger partial charge in [-0.15, -0.1) is 0 Å². The van der Waals surface area contributed by atoms with Gasteiger partial charge in [0, 0.05) is 37.7 Å². The topological polar surface area (TPSA) is 48.5 Å². The van der Waals surface area contributed by atoms with Gasteiger partial charge >= 0.3 is 6.03 Å². The lowest BCUT2D eigenvalue weighted by molar-refractivity contribution is 0.195. The molecule has 5 nitrogen and oxygen atoms in total. The molecule has 1 aromatic heterocycles. The minimum Gasteiger partial charge on any atom is -0.345 e. The Kier molecular flexibility index (Phi) is 4.40. The first-order chi connectivity index (χ1) is 10.6. The van der Waals surface area contributed by atoms with E-state index in [0.29, 0.717) is 6.54 Å². The van der Waals surface area contributed by atoms with E-state index in [1.165, 1.54) is 0 Å². The lowest BCUT2D eigenvalue weighted by Gasteiger charge is -2.34. The molecule has 2 heterocycles. The van der Waals surface area contributed by atoms with Crippen molar-refractivity contribution in [3.8, 4) is 0 Å². The van der Waals surface area contributed by atoms with Crippen molar-refractivity contribution in [2.45, 2.75) is 13.8 Å². The summed E-state index contributed by atoms with van der Waals surface area (Å²) in [6.45, 7) is 7.66. The average molecular weight is 339 g/mol. The highest BCUT2D eigenvalue weighted by Crippen LogP contribution is 2.33. The van der Waals surface area contributed by atoms with Gasteiger partial charge in [0.2, 0.25) is 0 Å². The first-order valence-electron chi connectivity index (χ1n) is 7.43. The van der Waals surface area contributed by atoms with Crippen LogP contribution in [0.25, 0.3) is 10.2 Å². The Morgan fingerprint density at radius 3 is 2.77 bits per heavy atom. The van der Waals surface area contributed by atoms with Crippen LogP contribution in [0.1, 0.15) is 12.5 Å². The standard InChI is InChI=1S/C15H19ClN4OS/c1-3-17-14(21)19-6-8-20(9-7-19)15-18-13-10(2)11(16)4-5-12(13)22-15/h4-5H,3,6-9H2,1-2H3,(H,17,21). The van der Waals surface area contributed by atoms with Crippen molar-refractivity contribution in [2.75, 3.05) is 37.6 Å². The summed E-state index contributed by atoms with van der Waals surface area (Å²) < 4.78 is 1.16. The third-order valence-corrected chi connectivity index (χ3v) is 5.39. The number of nitrogens with one attached hydrogen (secondary N) is 1. The van der Waals surface area contributed by atoms with E-state index in [1.807, 2.05) is 30.9 Å². The first-order valence-corrected chi connectivity index (χ1v) is 8.63. The molecule has 1 fully saturated rings. The lowest BCUT2D eigenvalue weighted by Crippen LogP contribution is -2.51. The fourth-order valence-corrected chi connectivity index (χ4v) is 3.82. The van der Waals surface area contributed by atoms with Crippen molar-refractivity contribution < 1.29 is 4.79 Å². The third kappa shape index (κ3) is 2.85. The van der Waals surface area contributed by atoms with Crippen LogP contribution in [0.3, 0.4) is 0 Å².